The van der Waals surface area contributed by atoms with Crippen molar-refractivity contribution in [1.29, 1.82) is 0 Å². The van der Waals surface area contributed by atoms with Crippen LogP contribution in [-0.4, -0.2) is 0 Å². The molecule has 0 bridgehead atoms. The molecule has 0 aliphatic rings. The number of hydrogen-bond acceptors (Lipinski definition) is 2. The predicted molar refractivity (Wildman–Crippen MR) is 184 cm³/mol. The van der Waals surface area contributed by atoms with Gasteiger partial charge in [0, 0.05) is 38.1 Å². The van der Waals surface area contributed by atoms with Crippen LogP contribution in [-0.2, 0) is 0 Å². The van der Waals surface area contributed by atoms with Crippen molar-refractivity contribution in [3.05, 3.63) is 146 Å². The number of fused-ring (bicyclic) bond motifs is 10. The van der Waals surface area contributed by atoms with E-state index in [9.17, 15) is 0 Å². The molecule has 0 unspecified atom stereocenters. The molecule has 0 atom stereocenters. The lowest BCUT2D eigenvalue weighted by atomic mass is 9.85. The minimum Gasteiger partial charge on any atom is -0.455 e. The fourth-order valence-corrected chi connectivity index (χ4v) is 7.33. The van der Waals surface area contributed by atoms with Crippen molar-refractivity contribution in [2.75, 3.05) is 0 Å². The predicted octanol–water partition coefficient (Wildman–Crippen LogP) is 12.3. The first-order valence-corrected chi connectivity index (χ1v) is 15.0. The summed E-state index contributed by atoms with van der Waals surface area (Å²) in [5.74, 6) is 0. The molecule has 2 nitrogen and oxygen atoms in total. The second-order valence-corrected chi connectivity index (χ2v) is 11.6. The SMILES string of the molecule is c1ccc2c(c1)ccc1c3ccc(-c4c5ccccc5c(-c5cccc6c5oc5ccccc56)c5ccccc45)cc3oc21. The lowest BCUT2D eigenvalue weighted by Crippen LogP contribution is -1.91. The van der Waals surface area contributed by atoms with Crippen molar-refractivity contribution in [1.82, 2.24) is 0 Å². The van der Waals surface area contributed by atoms with Gasteiger partial charge in [-0.15, -0.1) is 0 Å². The monoisotopic (exact) mass is 560 g/mol. The van der Waals surface area contributed by atoms with Gasteiger partial charge in [0.15, 0.2) is 0 Å². The molecule has 0 radical (unpaired) electrons. The molecule has 0 aliphatic heterocycles. The quantitative estimate of drug-likeness (QED) is 0.197. The topological polar surface area (TPSA) is 26.3 Å². The molecule has 0 N–H and O–H groups in total. The Morgan fingerprint density at radius 2 is 0.864 bits per heavy atom. The maximum Gasteiger partial charge on any atom is 0.143 e. The van der Waals surface area contributed by atoms with Crippen LogP contribution in [0.1, 0.15) is 0 Å². The third-order valence-corrected chi connectivity index (χ3v) is 9.26. The van der Waals surface area contributed by atoms with E-state index in [0.717, 1.165) is 60.4 Å². The van der Waals surface area contributed by atoms with Crippen LogP contribution in [0, 0.1) is 0 Å². The van der Waals surface area contributed by atoms with Crippen LogP contribution in [0.25, 0.3) is 98.4 Å². The van der Waals surface area contributed by atoms with Crippen LogP contribution in [0.3, 0.4) is 0 Å². The first-order chi connectivity index (χ1) is 21.8. The Morgan fingerprint density at radius 1 is 0.318 bits per heavy atom. The minimum absolute atomic E-state index is 0.901. The molecule has 2 aromatic heterocycles. The van der Waals surface area contributed by atoms with Crippen molar-refractivity contribution in [2.24, 2.45) is 0 Å². The fourth-order valence-electron chi connectivity index (χ4n) is 7.33. The summed E-state index contributed by atoms with van der Waals surface area (Å²) in [6.07, 6.45) is 0. The minimum atomic E-state index is 0.901. The van der Waals surface area contributed by atoms with E-state index >= 15 is 0 Å². The number of benzene rings is 8. The average Bonchev–Trinajstić information content (AvgIpc) is 3.65. The van der Waals surface area contributed by atoms with Crippen LogP contribution >= 0.6 is 0 Å². The van der Waals surface area contributed by atoms with Crippen molar-refractivity contribution in [3.8, 4) is 22.3 Å². The average molecular weight is 561 g/mol. The van der Waals surface area contributed by atoms with Gasteiger partial charge in [-0.1, -0.05) is 121 Å². The van der Waals surface area contributed by atoms with E-state index in [4.69, 9.17) is 8.83 Å². The number of hydrogen-bond donors (Lipinski definition) is 0. The van der Waals surface area contributed by atoms with E-state index in [1.165, 1.54) is 38.1 Å². The molecule has 0 fully saturated rings. The molecule has 0 saturated heterocycles. The van der Waals surface area contributed by atoms with Gasteiger partial charge in [-0.05, 0) is 62.3 Å². The molecule has 2 heterocycles. The van der Waals surface area contributed by atoms with Crippen LogP contribution in [0.15, 0.2) is 154 Å². The normalized spacial score (nSPS) is 12.1. The molecule has 204 valence electrons. The largest absolute Gasteiger partial charge is 0.455 e. The van der Waals surface area contributed by atoms with Crippen LogP contribution in [0.2, 0.25) is 0 Å². The molecule has 0 spiro atoms. The molecule has 0 amide bonds. The van der Waals surface area contributed by atoms with E-state index < -0.39 is 0 Å². The molecule has 2 heteroatoms. The summed E-state index contributed by atoms with van der Waals surface area (Å²) in [5.41, 5.74) is 8.33. The summed E-state index contributed by atoms with van der Waals surface area (Å²) < 4.78 is 13.2. The Bertz CT molecular complexity index is 2720. The molecule has 44 heavy (non-hydrogen) atoms. The first kappa shape index (κ1) is 23.7. The fraction of sp³-hybridized carbons (Fsp3) is 0. The molecule has 10 aromatic rings. The molecule has 0 saturated carbocycles. The lowest BCUT2D eigenvalue weighted by Gasteiger charge is -2.17. The smallest absolute Gasteiger partial charge is 0.143 e. The summed E-state index contributed by atoms with van der Waals surface area (Å²) in [4.78, 5) is 0. The van der Waals surface area contributed by atoms with E-state index in [1.54, 1.807) is 0 Å². The maximum atomic E-state index is 6.61. The summed E-state index contributed by atoms with van der Waals surface area (Å²) in [7, 11) is 0. The second-order valence-electron chi connectivity index (χ2n) is 11.6. The highest BCUT2D eigenvalue weighted by atomic mass is 16.3. The zero-order chi connectivity index (χ0) is 28.8. The van der Waals surface area contributed by atoms with E-state index in [0.29, 0.717) is 0 Å². The molecular formula is C42H24O2. The van der Waals surface area contributed by atoms with Gasteiger partial charge >= 0.3 is 0 Å². The van der Waals surface area contributed by atoms with E-state index in [1.807, 2.05) is 6.07 Å². The van der Waals surface area contributed by atoms with E-state index in [2.05, 4.69) is 140 Å². The summed E-state index contributed by atoms with van der Waals surface area (Å²) in [5, 5.41) is 11.7. The third-order valence-electron chi connectivity index (χ3n) is 9.26. The Labute approximate surface area is 252 Å². The standard InChI is InChI=1S/C42H24O2/c1-2-11-27-25(10-1)20-23-35-29-22-21-26(24-38(29)44-41(27)35)39-30-13-3-5-15-32(30)40(33-16-6-4-14-31(33)39)36-18-9-17-34-28-12-7-8-19-37(28)43-42(34)36/h1-24H. The summed E-state index contributed by atoms with van der Waals surface area (Å²) in [6, 6.07) is 51.8. The van der Waals surface area contributed by atoms with Gasteiger partial charge in [-0.25, -0.2) is 0 Å². The molecule has 0 aliphatic carbocycles. The summed E-state index contributed by atoms with van der Waals surface area (Å²) in [6.45, 7) is 0. The third kappa shape index (κ3) is 3.20. The maximum absolute atomic E-state index is 6.61. The zero-order valence-electron chi connectivity index (χ0n) is 23.7. The van der Waals surface area contributed by atoms with Crippen LogP contribution < -0.4 is 0 Å². The second kappa shape index (κ2) is 8.82. The summed E-state index contributed by atoms with van der Waals surface area (Å²) >= 11 is 0. The highest BCUT2D eigenvalue weighted by Crippen LogP contribution is 2.47. The highest BCUT2D eigenvalue weighted by Gasteiger charge is 2.21. The number of furan rings is 2. The van der Waals surface area contributed by atoms with E-state index in [-0.39, 0.29) is 0 Å². The van der Waals surface area contributed by atoms with Gasteiger partial charge in [0.05, 0.1) is 0 Å². The van der Waals surface area contributed by atoms with Crippen molar-refractivity contribution in [3.63, 3.8) is 0 Å². The van der Waals surface area contributed by atoms with Crippen LogP contribution in [0.5, 0.6) is 0 Å². The highest BCUT2D eigenvalue weighted by molar-refractivity contribution is 6.25. The molecular weight excluding hydrogens is 536 g/mol. The Balaban J connectivity index is 1.29. The zero-order valence-corrected chi connectivity index (χ0v) is 23.7. The van der Waals surface area contributed by atoms with Gasteiger partial charge < -0.3 is 8.83 Å². The lowest BCUT2D eigenvalue weighted by molar-refractivity contribution is 0.670. The van der Waals surface area contributed by atoms with Crippen LogP contribution in [0.4, 0.5) is 0 Å². The van der Waals surface area contributed by atoms with Gasteiger partial charge in [-0.2, -0.15) is 0 Å². The van der Waals surface area contributed by atoms with Gasteiger partial charge in [-0.3, -0.25) is 0 Å². The molecule has 8 aromatic carbocycles. The first-order valence-electron chi connectivity index (χ1n) is 15.0. The van der Waals surface area contributed by atoms with Gasteiger partial charge in [0.2, 0.25) is 0 Å². The number of para-hydroxylation sites is 2. The molecule has 10 rings (SSSR count). The van der Waals surface area contributed by atoms with Gasteiger partial charge in [0.25, 0.3) is 0 Å². The number of rotatable bonds is 2. The van der Waals surface area contributed by atoms with Crippen molar-refractivity contribution in [2.45, 2.75) is 0 Å². The Morgan fingerprint density at radius 3 is 1.64 bits per heavy atom. The van der Waals surface area contributed by atoms with Crippen molar-refractivity contribution < 1.29 is 8.83 Å². The van der Waals surface area contributed by atoms with Gasteiger partial charge in [0.1, 0.15) is 22.3 Å². The Hall–Kier alpha value is -5.86. The van der Waals surface area contributed by atoms with Crippen molar-refractivity contribution >= 4 is 76.2 Å². The Kier molecular flexibility index (Phi) is 4.75.